The number of aliphatic carboxylic acids is 1. The fourth-order valence-corrected chi connectivity index (χ4v) is 6.13. The highest BCUT2D eigenvalue weighted by Crippen LogP contribution is 2.33. The molecule has 0 radical (unpaired) electrons. The van der Waals surface area contributed by atoms with Gasteiger partial charge in [0.15, 0.2) is 12.6 Å². The van der Waals surface area contributed by atoms with E-state index >= 15 is 0 Å². The molecule has 4 aromatic rings. The third kappa shape index (κ3) is 9.47. The number of carbonyl (C=O) groups is 5. The van der Waals surface area contributed by atoms with Crippen LogP contribution < -0.4 is 25.7 Å². The van der Waals surface area contributed by atoms with Gasteiger partial charge < -0.3 is 30.0 Å². The SMILES string of the molecule is CCCCOC1C(=O)N(C(C(=O)Nc2cc(C(=O)NCCOc3ccc(C)cc3C)ccc2OCC(=O)O)c2nc(C)c(C)c(=O)n2-c2ccccc2)C(=O)N1C. The molecule has 5 rings (SSSR count). The van der Waals surface area contributed by atoms with Crippen molar-refractivity contribution in [1.82, 2.24) is 24.7 Å². The Kier molecular flexibility index (Phi) is 13.4. The van der Waals surface area contributed by atoms with Crippen LogP contribution in [-0.4, -0.2) is 93.8 Å². The van der Waals surface area contributed by atoms with Crippen LogP contribution in [0.5, 0.6) is 11.5 Å². The Balaban J connectivity index is 1.54. The third-order valence-corrected chi connectivity index (χ3v) is 9.25. The van der Waals surface area contributed by atoms with Crippen molar-refractivity contribution in [3.05, 3.63) is 111 Å². The number of carboxylic acids is 1. The van der Waals surface area contributed by atoms with Crippen LogP contribution in [0.15, 0.2) is 71.5 Å². The molecule has 0 aliphatic carbocycles. The van der Waals surface area contributed by atoms with Gasteiger partial charge in [-0.3, -0.25) is 28.6 Å². The van der Waals surface area contributed by atoms with Gasteiger partial charge in [-0.25, -0.2) is 19.5 Å². The quantitative estimate of drug-likeness (QED) is 0.101. The molecule has 2 heterocycles. The normalized spacial score (nSPS) is 14.4. The summed E-state index contributed by atoms with van der Waals surface area (Å²) < 4.78 is 18.2. The van der Waals surface area contributed by atoms with Gasteiger partial charge in [0.05, 0.1) is 17.9 Å². The number of hydrogen-bond acceptors (Lipinski definition) is 10. The first-order valence-electron chi connectivity index (χ1n) is 18.4. The first-order chi connectivity index (χ1) is 27.2. The van der Waals surface area contributed by atoms with Crippen molar-refractivity contribution in [3.8, 4) is 17.2 Å². The van der Waals surface area contributed by atoms with E-state index < -0.39 is 54.2 Å². The average Bonchev–Trinajstić information content (AvgIpc) is 3.38. The van der Waals surface area contributed by atoms with Gasteiger partial charge in [0, 0.05) is 30.5 Å². The Morgan fingerprint density at radius 1 is 0.912 bits per heavy atom. The highest BCUT2D eigenvalue weighted by molar-refractivity contribution is 6.09. The molecule has 300 valence electrons. The van der Waals surface area contributed by atoms with Crippen LogP contribution >= 0.6 is 0 Å². The molecule has 2 atom stereocenters. The van der Waals surface area contributed by atoms with E-state index in [-0.39, 0.29) is 53.8 Å². The van der Waals surface area contributed by atoms with Gasteiger partial charge in [0.1, 0.15) is 23.9 Å². The van der Waals surface area contributed by atoms with Crippen LogP contribution in [-0.2, 0) is 19.1 Å². The number of para-hydroxylation sites is 1. The maximum absolute atomic E-state index is 14.8. The number of aryl methyl sites for hydroxylation is 3. The molecule has 1 fully saturated rings. The molecular weight excluding hydrogens is 736 g/mol. The van der Waals surface area contributed by atoms with Gasteiger partial charge in [-0.2, -0.15) is 0 Å². The number of likely N-dealkylation sites (N-methyl/N-ethyl adjacent to an activating group) is 1. The zero-order valence-corrected chi connectivity index (χ0v) is 32.7. The molecule has 5 amide bonds. The van der Waals surface area contributed by atoms with Crippen LogP contribution in [0.3, 0.4) is 0 Å². The number of carbonyl (C=O) groups excluding carboxylic acids is 4. The molecule has 1 aliphatic heterocycles. The van der Waals surface area contributed by atoms with Gasteiger partial charge in [0.2, 0.25) is 6.23 Å². The Bertz CT molecular complexity index is 2220. The predicted molar refractivity (Wildman–Crippen MR) is 209 cm³/mol. The summed E-state index contributed by atoms with van der Waals surface area (Å²) >= 11 is 0. The second-order valence-corrected chi connectivity index (χ2v) is 13.5. The summed E-state index contributed by atoms with van der Waals surface area (Å²) in [6, 6.07) is 15.2. The second-order valence-electron chi connectivity index (χ2n) is 13.5. The van der Waals surface area contributed by atoms with Crippen LogP contribution in [0.1, 0.15) is 64.4 Å². The summed E-state index contributed by atoms with van der Waals surface area (Å²) in [7, 11) is 1.36. The molecule has 0 bridgehead atoms. The van der Waals surface area contributed by atoms with E-state index in [1.165, 1.54) is 25.2 Å². The predicted octanol–water partition coefficient (Wildman–Crippen LogP) is 4.45. The Hall–Kier alpha value is -6.55. The van der Waals surface area contributed by atoms with Crippen molar-refractivity contribution in [3.63, 3.8) is 0 Å². The van der Waals surface area contributed by atoms with Crippen molar-refractivity contribution in [2.45, 2.75) is 59.7 Å². The maximum Gasteiger partial charge on any atom is 0.341 e. The highest BCUT2D eigenvalue weighted by Gasteiger charge is 2.51. The summed E-state index contributed by atoms with van der Waals surface area (Å²) in [5, 5.41) is 14.8. The maximum atomic E-state index is 14.8. The second kappa shape index (κ2) is 18.4. The van der Waals surface area contributed by atoms with Crippen molar-refractivity contribution in [2.75, 3.05) is 38.7 Å². The first-order valence-corrected chi connectivity index (χ1v) is 18.4. The van der Waals surface area contributed by atoms with E-state index in [0.717, 1.165) is 27.0 Å². The van der Waals surface area contributed by atoms with Gasteiger partial charge >= 0.3 is 12.0 Å². The summed E-state index contributed by atoms with van der Waals surface area (Å²) in [6.07, 6.45) is -0.0130. The molecule has 0 saturated carbocycles. The average molecular weight is 783 g/mol. The van der Waals surface area contributed by atoms with Crippen LogP contribution in [0, 0.1) is 27.7 Å². The minimum absolute atomic E-state index is 0.0546. The van der Waals surface area contributed by atoms with Gasteiger partial charge in [0.25, 0.3) is 23.3 Å². The number of hydrogen-bond donors (Lipinski definition) is 3. The zero-order chi connectivity index (χ0) is 41.4. The van der Waals surface area contributed by atoms with E-state index in [1.54, 1.807) is 44.2 Å². The summed E-state index contributed by atoms with van der Waals surface area (Å²) in [5.74, 6) is -3.49. The third-order valence-electron chi connectivity index (χ3n) is 9.25. The fraction of sp³-hybridized carbons (Fsp3) is 0.341. The molecular formula is C41H46N6O10. The topological polar surface area (TPSA) is 199 Å². The zero-order valence-electron chi connectivity index (χ0n) is 32.7. The standard InChI is InChI=1S/C41H46N6O10/c1-7-8-19-56-40-39(53)47(41(54)45(40)6)34(35-43-27(5)26(4)38(52)46(35)29-12-10-9-11-13-29)37(51)44-30-22-28(15-17-32(30)57-23-33(48)49)36(50)42-18-20-55-31-16-14-24(2)21-25(31)3/h9-17,21-22,34,40H,7-8,18-20,23H2,1-6H3,(H,42,50)(H,44,51)(H,48,49). The minimum Gasteiger partial charge on any atom is -0.491 e. The first kappa shape index (κ1) is 41.6. The number of nitrogens with zero attached hydrogens (tertiary/aromatic N) is 4. The lowest BCUT2D eigenvalue weighted by Gasteiger charge is -2.27. The molecule has 57 heavy (non-hydrogen) atoms. The van der Waals surface area contributed by atoms with E-state index in [4.69, 9.17) is 14.2 Å². The van der Waals surface area contributed by atoms with E-state index in [0.29, 0.717) is 22.8 Å². The number of carboxylic acid groups (broad SMARTS) is 1. The minimum atomic E-state index is -1.88. The number of imide groups is 1. The number of aromatic nitrogens is 2. The van der Waals surface area contributed by atoms with Gasteiger partial charge in [-0.1, -0.05) is 49.2 Å². The fourth-order valence-electron chi connectivity index (χ4n) is 6.13. The van der Waals surface area contributed by atoms with E-state index in [9.17, 15) is 33.9 Å². The van der Waals surface area contributed by atoms with Crippen LogP contribution in [0.25, 0.3) is 5.69 Å². The molecule has 3 N–H and O–H groups in total. The van der Waals surface area contributed by atoms with Crippen molar-refractivity contribution in [2.24, 2.45) is 0 Å². The Labute approximate surface area is 329 Å². The largest absolute Gasteiger partial charge is 0.491 e. The van der Waals surface area contributed by atoms with E-state index in [1.807, 2.05) is 39.0 Å². The van der Waals surface area contributed by atoms with Crippen molar-refractivity contribution in [1.29, 1.82) is 0 Å². The van der Waals surface area contributed by atoms with Crippen LogP contribution in [0.4, 0.5) is 10.5 Å². The number of rotatable bonds is 17. The molecule has 2 unspecified atom stereocenters. The van der Waals surface area contributed by atoms with Crippen LogP contribution in [0.2, 0.25) is 0 Å². The lowest BCUT2D eigenvalue weighted by Crippen LogP contribution is -2.45. The number of nitrogens with one attached hydrogen (secondary N) is 2. The summed E-state index contributed by atoms with van der Waals surface area (Å²) in [6.45, 7) is 8.59. The smallest absolute Gasteiger partial charge is 0.341 e. The number of unbranched alkanes of at least 4 members (excludes halogenated alkanes) is 1. The molecule has 1 aromatic heterocycles. The molecule has 0 spiro atoms. The number of ether oxygens (including phenoxy) is 3. The Morgan fingerprint density at radius 2 is 1.63 bits per heavy atom. The van der Waals surface area contributed by atoms with Crippen molar-refractivity contribution >= 4 is 35.4 Å². The molecule has 1 aliphatic rings. The molecule has 3 aromatic carbocycles. The summed E-state index contributed by atoms with van der Waals surface area (Å²) in [4.78, 5) is 88.0. The lowest BCUT2D eigenvalue weighted by atomic mass is 10.1. The lowest BCUT2D eigenvalue weighted by molar-refractivity contribution is -0.145. The van der Waals surface area contributed by atoms with Gasteiger partial charge in [-0.15, -0.1) is 0 Å². The molecule has 16 nitrogen and oxygen atoms in total. The van der Waals surface area contributed by atoms with E-state index in [2.05, 4.69) is 15.6 Å². The number of benzene rings is 3. The summed E-state index contributed by atoms with van der Waals surface area (Å²) in [5.41, 5.74) is 2.19. The number of anilines is 1. The van der Waals surface area contributed by atoms with Crippen molar-refractivity contribution < 1.29 is 43.3 Å². The molecule has 16 heteroatoms. The Morgan fingerprint density at radius 3 is 2.32 bits per heavy atom. The van der Waals surface area contributed by atoms with Gasteiger partial charge in [-0.05, 0) is 76.1 Å². The highest BCUT2D eigenvalue weighted by atomic mass is 16.5. The molecule has 1 saturated heterocycles. The number of amides is 5. The number of urea groups is 1. The monoisotopic (exact) mass is 782 g/mol.